The van der Waals surface area contributed by atoms with Gasteiger partial charge in [-0.1, -0.05) is 22.0 Å². The zero-order valence-electron chi connectivity index (χ0n) is 11.5. The molecule has 0 aliphatic heterocycles. The first-order chi connectivity index (χ1) is 9.77. The highest BCUT2D eigenvalue weighted by molar-refractivity contribution is 9.10. The van der Waals surface area contributed by atoms with Crippen LogP contribution in [0.4, 0.5) is 14.5 Å². The fourth-order valence-electron chi connectivity index (χ4n) is 1.69. The number of carbonyl (C=O) groups excluding carboxylic acids is 1. The molecular formula is C15H13BrF2N2O. The number of pyridine rings is 1. The Labute approximate surface area is 129 Å². The second-order valence-electron chi connectivity index (χ2n) is 4.74. The summed E-state index contributed by atoms with van der Waals surface area (Å²) >= 11 is 3.37. The van der Waals surface area contributed by atoms with Crippen LogP contribution in [0.3, 0.4) is 0 Å². The lowest BCUT2D eigenvalue weighted by Crippen LogP contribution is -2.15. The van der Waals surface area contributed by atoms with Crippen LogP contribution in [-0.4, -0.2) is 10.9 Å². The van der Waals surface area contributed by atoms with Crippen LogP contribution < -0.4 is 5.32 Å². The molecule has 3 nitrogen and oxygen atoms in total. The minimum Gasteiger partial charge on any atom is -0.322 e. The summed E-state index contributed by atoms with van der Waals surface area (Å²) in [4.78, 5) is 15.7. The molecule has 0 radical (unpaired) electrons. The van der Waals surface area contributed by atoms with E-state index < -0.39 is 17.5 Å². The number of aryl methyl sites for hydroxylation is 1. The molecule has 1 heterocycles. The molecule has 0 saturated carbocycles. The van der Waals surface area contributed by atoms with Crippen LogP contribution in [0, 0.1) is 6.92 Å². The lowest BCUT2D eigenvalue weighted by atomic mass is 10.1. The predicted octanol–water partition coefficient (Wildman–Crippen LogP) is 4.52. The topological polar surface area (TPSA) is 42.0 Å². The van der Waals surface area contributed by atoms with Gasteiger partial charge in [0.05, 0.1) is 0 Å². The number of anilines is 1. The molecule has 0 saturated heterocycles. The molecular weight excluding hydrogens is 342 g/mol. The smallest absolute Gasteiger partial charge is 0.286 e. The minimum absolute atomic E-state index is 0.137. The number of hydrogen-bond donors (Lipinski definition) is 1. The highest BCUT2D eigenvalue weighted by Crippen LogP contribution is 2.26. The number of alkyl halides is 2. The van der Waals surface area contributed by atoms with Crippen molar-refractivity contribution in [3.05, 3.63) is 57.8 Å². The molecule has 0 aliphatic rings. The van der Waals surface area contributed by atoms with E-state index >= 15 is 0 Å². The Bertz CT molecular complexity index is 684. The quantitative estimate of drug-likeness (QED) is 0.880. The zero-order valence-corrected chi connectivity index (χ0v) is 13.0. The molecule has 110 valence electrons. The largest absolute Gasteiger partial charge is 0.322 e. The van der Waals surface area contributed by atoms with Gasteiger partial charge in [-0.3, -0.25) is 9.78 Å². The molecule has 2 aromatic rings. The van der Waals surface area contributed by atoms with Crippen molar-refractivity contribution in [2.75, 3.05) is 5.32 Å². The number of amides is 1. The van der Waals surface area contributed by atoms with Crippen molar-refractivity contribution in [2.24, 2.45) is 0 Å². The Hall–Kier alpha value is -1.82. The van der Waals surface area contributed by atoms with Gasteiger partial charge in [0.25, 0.3) is 11.8 Å². The van der Waals surface area contributed by atoms with Crippen molar-refractivity contribution in [1.29, 1.82) is 0 Å². The Morgan fingerprint density at radius 1 is 1.29 bits per heavy atom. The van der Waals surface area contributed by atoms with E-state index in [4.69, 9.17) is 0 Å². The first-order valence-corrected chi connectivity index (χ1v) is 6.98. The van der Waals surface area contributed by atoms with Gasteiger partial charge in [0.1, 0.15) is 5.69 Å². The van der Waals surface area contributed by atoms with Crippen molar-refractivity contribution >= 4 is 27.5 Å². The third kappa shape index (κ3) is 3.85. The normalized spacial score (nSPS) is 11.3. The lowest BCUT2D eigenvalue weighted by molar-refractivity contribution is 0.0127. The average Bonchev–Trinajstić information content (AvgIpc) is 2.42. The molecule has 1 aromatic carbocycles. The molecule has 1 aromatic heterocycles. The number of nitrogens with zero attached hydrogens (tertiary/aromatic N) is 1. The number of hydrogen-bond acceptors (Lipinski definition) is 2. The highest BCUT2D eigenvalue weighted by Gasteiger charge is 2.26. The molecule has 0 aliphatic carbocycles. The number of rotatable bonds is 3. The summed E-state index contributed by atoms with van der Waals surface area (Å²) in [5.74, 6) is -3.54. The number of benzene rings is 1. The van der Waals surface area contributed by atoms with Gasteiger partial charge in [-0.15, -0.1) is 0 Å². The second-order valence-corrected chi connectivity index (χ2v) is 5.59. The summed E-state index contributed by atoms with van der Waals surface area (Å²) < 4.78 is 27.3. The van der Waals surface area contributed by atoms with Crippen LogP contribution in [0.1, 0.15) is 28.5 Å². The van der Waals surface area contributed by atoms with Crippen LogP contribution in [0.25, 0.3) is 0 Å². The van der Waals surface area contributed by atoms with Crippen molar-refractivity contribution in [1.82, 2.24) is 4.98 Å². The van der Waals surface area contributed by atoms with Gasteiger partial charge in [-0.2, -0.15) is 8.78 Å². The van der Waals surface area contributed by atoms with Gasteiger partial charge in [0.2, 0.25) is 0 Å². The fraction of sp³-hybridized carbons (Fsp3) is 0.200. The van der Waals surface area contributed by atoms with Gasteiger partial charge in [-0.25, -0.2) is 0 Å². The maximum absolute atomic E-state index is 13.2. The molecule has 1 amide bonds. The maximum atomic E-state index is 13.2. The molecule has 6 heteroatoms. The van der Waals surface area contributed by atoms with Crippen LogP contribution >= 0.6 is 15.9 Å². The van der Waals surface area contributed by atoms with Crippen LogP contribution in [0.5, 0.6) is 0 Å². The van der Waals surface area contributed by atoms with Crippen molar-refractivity contribution < 1.29 is 13.6 Å². The van der Waals surface area contributed by atoms with E-state index in [2.05, 4.69) is 26.2 Å². The molecule has 0 unspecified atom stereocenters. The maximum Gasteiger partial charge on any atom is 0.286 e. The predicted molar refractivity (Wildman–Crippen MR) is 80.6 cm³/mol. The Morgan fingerprint density at radius 2 is 2.00 bits per heavy atom. The Balaban J connectivity index is 2.22. The first-order valence-electron chi connectivity index (χ1n) is 6.19. The second kappa shape index (κ2) is 5.89. The van der Waals surface area contributed by atoms with Crippen LogP contribution in [-0.2, 0) is 5.92 Å². The van der Waals surface area contributed by atoms with Gasteiger partial charge >= 0.3 is 0 Å². The minimum atomic E-state index is -3.08. The van der Waals surface area contributed by atoms with Crippen LogP contribution in [0.15, 0.2) is 41.0 Å². The highest BCUT2D eigenvalue weighted by atomic mass is 79.9. The molecule has 0 spiro atoms. The van der Waals surface area contributed by atoms with Crippen molar-refractivity contribution in [2.45, 2.75) is 19.8 Å². The van der Waals surface area contributed by atoms with E-state index in [0.29, 0.717) is 5.69 Å². The van der Waals surface area contributed by atoms with E-state index in [1.807, 2.05) is 13.0 Å². The lowest BCUT2D eigenvalue weighted by Gasteiger charge is -2.11. The summed E-state index contributed by atoms with van der Waals surface area (Å²) in [5, 5.41) is 2.66. The average molecular weight is 355 g/mol. The molecule has 21 heavy (non-hydrogen) atoms. The molecule has 0 fully saturated rings. The van der Waals surface area contributed by atoms with E-state index in [9.17, 15) is 13.6 Å². The van der Waals surface area contributed by atoms with Crippen molar-refractivity contribution in [3.8, 4) is 0 Å². The first kappa shape index (κ1) is 15.6. The van der Waals surface area contributed by atoms with E-state index in [-0.39, 0.29) is 5.56 Å². The van der Waals surface area contributed by atoms with E-state index in [1.54, 1.807) is 12.1 Å². The summed E-state index contributed by atoms with van der Waals surface area (Å²) in [6.45, 7) is 2.67. The molecule has 0 bridgehead atoms. The monoisotopic (exact) mass is 354 g/mol. The zero-order chi connectivity index (χ0) is 15.6. The molecule has 0 atom stereocenters. The summed E-state index contributed by atoms with van der Waals surface area (Å²) in [6.07, 6.45) is 1.20. The van der Waals surface area contributed by atoms with Gasteiger partial charge in [0.15, 0.2) is 0 Å². The number of carbonyl (C=O) groups is 1. The summed E-state index contributed by atoms with van der Waals surface area (Å²) in [5.41, 5.74) is 1.32. The number of nitrogens with one attached hydrogen (secondary N) is 1. The number of aromatic nitrogens is 1. The third-order valence-electron chi connectivity index (χ3n) is 2.90. The third-order valence-corrected chi connectivity index (χ3v) is 3.76. The van der Waals surface area contributed by atoms with E-state index in [1.165, 1.54) is 12.3 Å². The van der Waals surface area contributed by atoms with E-state index in [0.717, 1.165) is 23.0 Å². The van der Waals surface area contributed by atoms with Gasteiger partial charge in [0, 0.05) is 28.8 Å². The number of halogens is 3. The fourth-order valence-corrected chi connectivity index (χ4v) is 2.06. The van der Waals surface area contributed by atoms with Gasteiger partial charge < -0.3 is 5.32 Å². The van der Waals surface area contributed by atoms with Crippen LogP contribution in [0.2, 0.25) is 0 Å². The summed E-state index contributed by atoms with van der Waals surface area (Å²) in [6, 6.07) is 7.84. The van der Waals surface area contributed by atoms with Crippen molar-refractivity contribution in [3.63, 3.8) is 0 Å². The Morgan fingerprint density at radius 3 is 2.62 bits per heavy atom. The standard InChI is InChI=1S/C15H13BrF2N2O/c1-9-3-4-11(8-12(9)16)20-14(21)10-5-6-19-13(7-10)15(2,17)18/h3-8H,1-2H3,(H,20,21). The Kier molecular flexibility index (Phi) is 4.37. The summed E-state index contributed by atoms with van der Waals surface area (Å²) in [7, 11) is 0. The van der Waals surface area contributed by atoms with Gasteiger partial charge in [-0.05, 0) is 36.8 Å². The molecule has 1 N–H and O–H groups in total. The SMILES string of the molecule is Cc1ccc(NC(=O)c2ccnc(C(C)(F)F)c2)cc1Br. The molecule has 2 rings (SSSR count).